The Hall–Kier alpha value is -2.02. The van der Waals surface area contributed by atoms with Crippen molar-refractivity contribution in [3.8, 4) is 17.2 Å². The van der Waals surface area contributed by atoms with E-state index in [9.17, 15) is 13.9 Å². The first-order chi connectivity index (χ1) is 8.58. The molecule has 0 radical (unpaired) electrons. The Kier molecular flexibility index (Phi) is 3.52. The maximum Gasteiger partial charge on any atom is 0.387 e. The van der Waals surface area contributed by atoms with E-state index in [1.807, 2.05) is 0 Å². The minimum atomic E-state index is -2.94. The summed E-state index contributed by atoms with van der Waals surface area (Å²) in [5.41, 5.74) is 0.247. The number of alkyl halides is 2. The first-order valence-electron chi connectivity index (χ1n) is 5.14. The molecule has 1 atom stereocenters. The van der Waals surface area contributed by atoms with E-state index in [4.69, 9.17) is 4.52 Å². The van der Waals surface area contributed by atoms with E-state index < -0.39 is 12.7 Å². The monoisotopic (exact) mass is 256 g/mol. The molecule has 1 unspecified atom stereocenters. The van der Waals surface area contributed by atoms with E-state index in [0.717, 1.165) is 0 Å². The number of aliphatic hydroxyl groups is 1. The smallest absolute Gasteiger partial charge is 0.387 e. The maximum absolute atomic E-state index is 12.2. The van der Waals surface area contributed by atoms with Gasteiger partial charge in [0.05, 0.1) is 5.56 Å². The Bertz CT molecular complexity index is 529. The van der Waals surface area contributed by atoms with Gasteiger partial charge in [-0.2, -0.15) is 13.8 Å². The first-order valence-corrected chi connectivity index (χ1v) is 5.14. The van der Waals surface area contributed by atoms with Crippen LogP contribution in [0.1, 0.15) is 18.9 Å². The Labute approximate surface area is 101 Å². The van der Waals surface area contributed by atoms with Crippen LogP contribution in [0.3, 0.4) is 0 Å². The van der Waals surface area contributed by atoms with Crippen LogP contribution in [0.4, 0.5) is 8.78 Å². The van der Waals surface area contributed by atoms with Gasteiger partial charge in [-0.05, 0) is 19.1 Å². The molecule has 2 aromatic rings. The number of ether oxygens (including phenoxy) is 1. The zero-order valence-electron chi connectivity index (χ0n) is 9.38. The van der Waals surface area contributed by atoms with E-state index in [0.29, 0.717) is 0 Å². The number of hydrogen-bond donors (Lipinski definition) is 1. The number of rotatable bonds is 4. The van der Waals surface area contributed by atoms with E-state index in [1.165, 1.54) is 19.1 Å². The fourth-order valence-corrected chi connectivity index (χ4v) is 1.36. The number of benzene rings is 1. The lowest BCUT2D eigenvalue weighted by molar-refractivity contribution is -0.0495. The van der Waals surface area contributed by atoms with Gasteiger partial charge in [0.2, 0.25) is 0 Å². The molecule has 0 saturated heterocycles. The van der Waals surface area contributed by atoms with Crippen LogP contribution in [0.5, 0.6) is 5.75 Å². The standard InChI is InChI=1S/C11H10F2N2O3/c1-6(16)9-14-10(18-15-9)7-4-2-3-5-8(7)17-11(12)13/h2-6,11,16H,1H3. The SMILES string of the molecule is CC(O)c1noc(-c2ccccc2OC(F)F)n1. The number of aliphatic hydroxyl groups excluding tert-OH is 1. The Morgan fingerprint density at radius 3 is 2.67 bits per heavy atom. The summed E-state index contributed by atoms with van der Waals surface area (Å²) in [7, 11) is 0. The van der Waals surface area contributed by atoms with Gasteiger partial charge in [-0.25, -0.2) is 0 Å². The third-order valence-electron chi connectivity index (χ3n) is 2.15. The largest absolute Gasteiger partial charge is 0.434 e. The van der Waals surface area contributed by atoms with Crippen molar-refractivity contribution in [2.45, 2.75) is 19.6 Å². The molecular weight excluding hydrogens is 246 g/mol. The van der Waals surface area contributed by atoms with Crippen LogP contribution in [-0.4, -0.2) is 21.9 Å². The van der Waals surface area contributed by atoms with Crippen LogP contribution in [0.2, 0.25) is 0 Å². The molecule has 0 fully saturated rings. The Morgan fingerprint density at radius 2 is 2.06 bits per heavy atom. The van der Waals surface area contributed by atoms with Crippen molar-refractivity contribution in [2.24, 2.45) is 0 Å². The van der Waals surface area contributed by atoms with Gasteiger partial charge in [-0.1, -0.05) is 17.3 Å². The number of halogens is 2. The molecule has 5 nitrogen and oxygen atoms in total. The molecule has 0 spiro atoms. The van der Waals surface area contributed by atoms with Crippen molar-refractivity contribution in [3.63, 3.8) is 0 Å². The highest BCUT2D eigenvalue weighted by Crippen LogP contribution is 2.30. The highest BCUT2D eigenvalue weighted by atomic mass is 19.3. The van der Waals surface area contributed by atoms with Crippen molar-refractivity contribution in [3.05, 3.63) is 30.1 Å². The highest BCUT2D eigenvalue weighted by molar-refractivity contribution is 5.62. The molecule has 0 saturated carbocycles. The van der Waals surface area contributed by atoms with Crippen LogP contribution < -0.4 is 4.74 Å². The number of nitrogens with zero attached hydrogens (tertiary/aromatic N) is 2. The summed E-state index contributed by atoms with van der Waals surface area (Å²) in [5, 5.41) is 12.8. The van der Waals surface area contributed by atoms with E-state index in [2.05, 4.69) is 14.9 Å². The topological polar surface area (TPSA) is 68.4 Å². The molecule has 0 aliphatic rings. The zero-order valence-corrected chi connectivity index (χ0v) is 9.38. The van der Waals surface area contributed by atoms with Gasteiger partial charge in [-0.15, -0.1) is 0 Å². The normalized spacial score (nSPS) is 12.7. The van der Waals surface area contributed by atoms with Crippen LogP contribution in [-0.2, 0) is 0 Å². The molecule has 0 amide bonds. The molecule has 0 bridgehead atoms. The fraction of sp³-hybridized carbons (Fsp3) is 0.273. The van der Waals surface area contributed by atoms with Crippen molar-refractivity contribution in [1.82, 2.24) is 10.1 Å². The molecule has 0 aliphatic carbocycles. The van der Waals surface area contributed by atoms with Gasteiger partial charge >= 0.3 is 6.61 Å². The number of para-hydroxylation sites is 1. The summed E-state index contributed by atoms with van der Waals surface area (Å²) in [4.78, 5) is 3.90. The molecule has 1 aromatic carbocycles. The molecule has 1 heterocycles. The number of aromatic nitrogens is 2. The molecule has 1 aromatic heterocycles. The summed E-state index contributed by atoms with van der Waals surface area (Å²) >= 11 is 0. The molecule has 96 valence electrons. The van der Waals surface area contributed by atoms with Gasteiger partial charge in [0.1, 0.15) is 11.9 Å². The second-order valence-electron chi connectivity index (χ2n) is 3.51. The maximum atomic E-state index is 12.2. The van der Waals surface area contributed by atoms with Crippen molar-refractivity contribution < 1.29 is 23.1 Å². The first kappa shape index (κ1) is 12.4. The van der Waals surface area contributed by atoms with E-state index in [1.54, 1.807) is 12.1 Å². The average Bonchev–Trinajstić information content (AvgIpc) is 2.78. The van der Waals surface area contributed by atoms with Crippen LogP contribution in [0.25, 0.3) is 11.5 Å². The fourth-order valence-electron chi connectivity index (χ4n) is 1.36. The molecule has 1 N–H and O–H groups in total. The molecular formula is C11H10F2N2O3. The molecule has 7 heteroatoms. The van der Waals surface area contributed by atoms with Crippen LogP contribution >= 0.6 is 0 Å². The van der Waals surface area contributed by atoms with E-state index >= 15 is 0 Å². The summed E-state index contributed by atoms with van der Waals surface area (Å²) < 4.78 is 33.7. The zero-order chi connectivity index (χ0) is 13.1. The summed E-state index contributed by atoms with van der Waals surface area (Å²) in [5.74, 6) is 0.0345. The third-order valence-corrected chi connectivity index (χ3v) is 2.15. The van der Waals surface area contributed by atoms with Gasteiger partial charge < -0.3 is 14.4 Å². The van der Waals surface area contributed by atoms with Gasteiger partial charge in [0.15, 0.2) is 5.82 Å². The lowest BCUT2D eigenvalue weighted by Crippen LogP contribution is -2.03. The minimum absolute atomic E-state index is 0.0159. The quantitative estimate of drug-likeness (QED) is 0.909. The van der Waals surface area contributed by atoms with Gasteiger partial charge in [-0.3, -0.25) is 0 Å². The Morgan fingerprint density at radius 1 is 1.33 bits per heavy atom. The predicted molar refractivity (Wildman–Crippen MR) is 57.0 cm³/mol. The van der Waals surface area contributed by atoms with Crippen molar-refractivity contribution >= 4 is 0 Å². The molecule has 0 aliphatic heterocycles. The number of hydrogen-bond acceptors (Lipinski definition) is 5. The summed E-state index contributed by atoms with van der Waals surface area (Å²) in [6.45, 7) is -1.47. The molecule has 2 rings (SSSR count). The van der Waals surface area contributed by atoms with Crippen LogP contribution in [0, 0.1) is 0 Å². The molecule has 18 heavy (non-hydrogen) atoms. The highest BCUT2D eigenvalue weighted by Gasteiger charge is 2.17. The average molecular weight is 256 g/mol. The lowest BCUT2D eigenvalue weighted by Gasteiger charge is -2.06. The van der Waals surface area contributed by atoms with Crippen molar-refractivity contribution in [2.75, 3.05) is 0 Å². The van der Waals surface area contributed by atoms with Gasteiger partial charge in [0.25, 0.3) is 5.89 Å². The summed E-state index contributed by atoms with van der Waals surface area (Å²) in [6.07, 6.45) is -0.898. The minimum Gasteiger partial charge on any atom is -0.434 e. The predicted octanol–water partition coefficient (Wildman–Crippen LogP) is 2.39. The summed E-state index contributed by atoms with van der Waals surface area (Å²) in [6, 6.07) is 6.05. The van der Waals surface area contributed by atoms with Crippen molar-refractivity contribution in [1.29, 1.82) is 0 Å². The second-order valence-corrected chi connectivity index (χ2v) is 3.51. The third kappa shape index (κ3) is 2.62. The Balaban J connectivity index is 2.36. The van der Waals surface area contributed by atoms with E-state index in [-0.39, 0.29) is 23.0 Å². The van der Waals surface area contributed by atoms with Crippen LogP contribution in [0.15, 0.2) is 28.8 Å². The lowest BCUT2D eigenvalue weighted by atomic mass is 10.2. The second kappa shape index (κ2) is 5.09. The van der Waals surface area contributed by atoms with Gasteiger partial charge in [0, 0.05) is 0 Å².